The van der Waals surface area contributed by atoms with Crippen molar-refractivity contribution in [2.75, 3.05) is 0 Å². The molecule has 4 rings (SSSR count). The van der Waals surface area contributed by atoms with E-state index in [1.54, 1.807) is 0 Å². The lowest BCUT2D eigenvalue weighted by Crippen LogP contribution is -2.20. The van der Waals surface area contributed by atoms with E-state index in [0.717, 1.165) is 28.1 Å². The Balaban J connectivity index is 1.84. The average Bonchev–Trinajstić information content (AvgIpc) is 2.95. The van der Waals surface area contributed by atoms with Crippen molar-refractivity contribution in [3.05, 3.63) is 71.5 Å². The lowest BCUT2D eigenvalue weighted by atomic mass is 9.98. The summed E-state index contributed by atoms with van der Waals surface area (Å²) in [4.78, 5) is 9.04. The van der Waals surface area contributed by atoms with Gasteiger partial charge in [-0.3, -0.25) is 4.98 Å². The second-order valence-corrected chi connectivity index (χ2v) is 6.03. The average molecular weight is 321 g/mol. The number of fused-ring (bicyclic) bond motifs is 1. The zero-order valence-electron chi connectivity index (χ0n) is 12.6. The number of halogens is 1. The Morgan fingerprint density at radius 1 is 1.17 bits per heavy atom. The summed E-state index contributed by atoms with van der Waals surface area (Å²) in [6.07, 6.45) is 10.2. The van der Waals surface area contributed by atoms with Crippen LogP contribution in [0.3, 0.4) is 0 Å². The second-order valence-electron chi connectivity index (χ2n) is 5.59. The van der Waals surface area contributed by atoms with E-state index < -0.39 is 0 Å². The molecule has 3 nitrogen and oxygen atoms in total. The molecule has 1 atom stereocenters. The Bertz CT molecular complexity index is 906. The third kappa shape index (κ3) is 2.53. The largest absolute Gasteiger partial charge is 0.270 e. The van der Waals surface area contributed by atoms with Gasteiger partial charge in [0, 0.05) is 40.9 Å². The lowest BCUT2D eigenvalue weighted by molar-refractivity contribution is -0.479. The fraction of sp³-hybridized carbons (Fsp3) is 0.105. The van der Waals surface area contributed by atoms with E-state index in [0.29, 0.717) is 5.02 Å². The van der Waals surface area contributed by atoms with E-state index in [-0.39, 0.29) is 6.17 Å². The van der Waals surface area contributed by atoms with Gasteiger partial charge in [0.1, 0.15) is 0 Å². The normalized spacial score (nSPS) is 19.0. The topological polar surface area (TPSA) is 28.3 Å². The molecule has 23 heavy (non-hydrogen) atoms. The predicted molar refractivity (Wildman–Crippen MR) is 95.0 cm³/mol. The quantitative estimate of drug-likeness (QED) is 0.762. The molecule has 4 heteroatoms. The second kappa shape index (κ2) is 5.60. The number of rotatable bonds is 2. The van der Waals surface area contributed by atoms with Crippen molar-refractivity contribution in [1.82, 2.24) is 4.98 Å². The Morgan fingerprint density at radius 3 is 2.96 bits per heavy atom. The molecule has 3 heterocycles. The first-order valence-corrected chi connectivity index (χ1v) is 7.86. The van der Waals surface area contributed by atoms with Crippen molar-refractivity contribution in [3.63, 3.8) is 0 Å². The highest BCUT2D eigenvalue weighted by Gasteiger charge is 2.27. The molecular formula is C19H15ClN3+. The van der Waals surface area contributed by atoms with Crippen LogP contribution in [0.2, 0.25) is 5.02 Å². The number of allylic oxidation sites excluding steroid dienone is 2. The van der Waals surface area contributed by atoms with Gasteiger partial charge in [-0.15, -0.1) is 0 Å². The number of aromatic nitrogens is 1. The van der Waals surface area contributed by atoms with E-state index in [2.05, 4.69) is 45.9 Å². The minimum atomic E-state index is 0.0880. The Hall–Kier alpha value is -2.52. The Kier molecular flexibility index (Phi) is 3.43. The van der Waals surface area contributed by atoms with Crippen LogP contribution in [0.5, 0.6) is 0 Å². The maximum absolute atomic E-state index is 6.14. The third-order valence-electron chi connectivity index (χ3n) is 4.05. The van der Waals surface area contributed by atoms with Crippen molar-refractivity contribution in [1.29, 1.82) is 0 Å². The van der Waals surface area contributed by atoms with Crippen LogP contribution < -0.4 is 0 Å². The van der Waals surface area contributed by atoms with Crippen LogP contribution in [0, 0.1) is 0 Å². The van der Waals surface area contributed by atoms with Gasteiger partial charge in [-0.05, 0) is 24.3 Å². The SMILES string of the molecule is CC1=[N+]2C=C(c3cccnc3-c3cccc(Cl)c3)C=CC2N=C1. The number of nitrogens with zero attached hydrogens (tertiary/aromatic N) is 3. The van der Waals surface area contributed by atoms with Gasteiger partial charge in [-0.25, -0.2) is 4.99 Å². The maximum Gasteiger partial charge on any atom is 0.270 e. The number of hydrogen-bond acceptors (Lipinski definition) is 2. The highest BCUT2D eigenvalue weighted by molar-refractivity contribution is 6.30. The summed E-state index contributed by atoms with van der Waals surface area (Å²) in [6, 6.07) is 11.8. The van der Waals surface area contributed by atoms with Crippen LogP contribution >= 0.6 is 11.6 Å². The van der Waals surface area contributed by atoms with Gasteiger partial charge in [0.2, 0.25) is 0 Å². The summed E-state index contributed by atoms with van der Waals surface area (Å²) in [7, 11) is 0. The van der Waals surface area contributed by atoms with Crippen molar-refractivity contribution in [2.45, 2.75) is 13.1 Å². The van der Waals surface area contributed by atoms with Gasteiger partial charge >= 0.3 is 0 Å². The van der Waals surface area contributed by atoms with Crippen molar-refractivity contribution in [2.24, 2.45) is 4.99 Å². The van der Waals surface area contributed by atoms with Gasteiger partial charge in [-0.1, -0.05) is 29.8 Å². The molecule has 0 bridgehead atoms. The number of pyridine rings is 1. The van der Waals surface area contributed by atoms with E-state index >= 15 is 0 Å². The van der Waals surface area contributed by atoms with Crippen molar-refractivity contribution >= 4 is 29.1 Å². The first kappa shape index (κ1) is 14.1. The minimum Gasteiger partial charge on any atom is -0.256 e. The first-order chi connectivity index (χ1) is 11.2. The first-order valence-electron chi connectivity index (χ1n) is 7.49. The number of benzene rings is 1. The van der Waals surface area contributed by atoms with Gasteiger partial charge in [0.15, 0.2) is 11.9 Å². The van der Waals surface area contributed by atoms with Crippen molar-refractivity contribution in [3.8, 4) is 11.3 Å². The molecule has 2 aliphatic heterocycles. The predicted octanol–water partition coefficient (Wildman–Crippen LogP) is 4.20. The molecule has 1 aromatic carbocycles. The van der Waals surface area contributed by atoms with E-state index in [4.69, 9.17) is 11.6 Å². The molecule has 0 N–H and O–H groups in total. The van der Waals surface area contributed by atoms with Gasteiger partial charge in [0.05, 0.1) is 11.9 Å². The molecule has 0 saturated heterocycles. The fourth-order valence-corrected chi connectivity index (χ4v) is 3.09. The smallest absolute Gasteiger partial charge is 0.256 e. The molecule has 0 saturated carbocycles. The molecule has 0 amide bonds. The zero-order chi connectivity index (χ0) is 15.8. The van der Waals surface area contributed by atoms with Gasteiger partial charge in [0.25, 0.3) is 6.17 Å². The molecule has 0 aliphatic carbocycles. The van der Waals surface area contributed by atoms with E-state index in [1.807, 2.05) is 42.7 Å². The molecule has 1 unspecified atom stereocenters. The summed E-state index contributed by atoms with van der Waals surface area (Å²) in [5.74, 6) is 0. The van der Waals surface area contributed by atoms with Crippen LogP contribution in [0.15, 0.2) is 65.9 Å². The molecular weight excluding hydrogens is 306 g/mol. The number of aliphatic imine (C=N–C) groups is 1. The Morgan fingerprint density at radius 2 is 2.09 bits per heavy atom. The van der Waals surface area contributed by atoms with E-state index in [9.17, 15) is 0 Å². The highest BCUT2D eigenvalue weighted by Crippen LogP contribution is 2.31. The van der Waals surface area contributed by atoms with Crippen LogP contribution in [0.1, 0.15) is 12.5 Å². The lowest BCUT2D eigenvalue weighted by Gasteiger charge is -2.13. The molecule has 0 fully saturated rings. The standard InChI is InChI=1S/C19H15ClN3/c1-13-11-22-18-8-7-15(12-23(13)18)17-6-3-9-21-19(17)14-4-2-5-16(20)10-14/h2-12,18H,1H3/q+1. The van der Waals surface area contributed by atoms with Crippen molar-refractivity contribution < 1.29 is 4.58 Å². The zero-order valence-corrected chi connectivity index (χ0v) is 13.4. The van der Waals surface area contributed by atoms with Gasteiger partial charge in [-0.2, -0.15) is 4.58 Å². The Labute approximate surface area is 140 Å². The monoisotopic (exact) mass is 320 g/mol. The summed E-state index contributed by atoms with van der Waals surface area (Å²) < 4.78 is 2.17. The summed E-state index contributed by atoms with van der Waals surface area (Å²) >= 11 is 6.14. The minimum absolute atomic E-state index is 0.0880. The molecule has 2 aliphatic rings. The highest BCUT2D eigenvalue weighted by atomic mass is 35.5. The summed E-state index contributed by atoms with van der Waals surface area (Å²) in [6.45, 7) is 2.07. The molecule has 2 aromatic rings. The fourth-order valence-electron chi connectivity index (χ4n) is 2.90. The van der Waals surface area contributed by atoms with Crippen LogP contribution in [-0.4, -0.2) is 27.7 Å². The molecule has 0 radical (unpaired) electrons. The summed E-state index contributed by atoms with van der Waals surface area (Å²) in [5.41, 5.74) is 5.30. The van der Waals surface area contributed by atoms with Crippen LogP contribution in [0.25, 0.3) is 16.8 Å². The van der Waals surface area contributed by atoms with Gasteiger partial charge < -0.3 is 0 Å². The van der Waals surface area contributed by atoms with Crippen LogP contribution in [0.4, 0.5) is 0 Å². The van der Waals surface area contributed by atoms with Crippen LogP contribution in [-0.2, 0) is 0 Å². The molecule has 112 valence electrons. The molecule has 1 aromatic heterocycles. The van der Waals surface area contributed by atoms with E-state index in [1.165, 1.54) is 0 Å². The summed E-state index contributed by atoms with van der Waals surface area (Å²) in [5, 5.41) is 0.712. The molecule has 0 spiro atoms. The third-order valence-corrected chi connectivity index (χ3v) is 4.28. The maximum atomic E-state index is 6.14. The number of hydrogen-bond donors (Lipinski definition) is 0.